The molecule has 1 amide bonds. The summed E-state index contributed by atoms with van der Waals surface area (Å²) in [7, 11) is 0. The van der Waals surface area contributed by atoms with E-state index >= 15 is 0 Å². The summed E-state index contributed by atoms with van der Waals surface area (Å²) in [5, 5.41) is 2.63. The summed E-state index contributed by atoms with van der Waals surface area (Å²) in [6.07, 6.45) is 0.470. The Morgan fingerprint density at radius 3 is 2.38 bits per heavy atom. The van der Waals surface area contributed by atoms with Gasteiger partial charge in [0.25, 0.3) is 0 Å². The van der Waals surface area contributed by atoms with Crippen LogP contribution in [0.1, 0.15) is 36.9 Å². The highest BCUT2D eigenvalue weighted by atomic mass is 32.1. The lowest BCUT2D eigenvalue weighted by Gasteiger charge is -2.31. The van der Waals surface area contributed by atoms with Crippen molar-refractivity contribution < 1.29 is 18.0 Å². The van der Waals surface area contributed by atoms with Gasteiger partial charge in [-0.05, 0) is 31.9 Å². The SMILES string of the molecule is CCn1ccn(CC(=O)N2CCC(c3csc(-c4ccc(C(F)(F)F)cc4)n3)CC2)c1=O. The summed E-state index contributed by atoms with van der Waals surface area (Å²) in [4.78, 5) is 31.2. The van der Waals surface area contributed by atoms with Gasteiger partial charge in [0.2, 0.25) is 5.91 Å². The van der Waals surface area contributed by atoms with E-state index in [2.05, 4.69) is 4.98 Å². The first-order chi connectivity index (χ1) is 15.3. The van der Waals surface area contributed by atoms with E-state index < -0.39 is 11.7 Å². The summed E-state index contributed by atoms with van der Waals surface area (Å²) in [6.45, 7) is 3.64. The number of amides is 1. The van der Waals surface area contributed by atoms with Gasteiger partial charge in [-0.3, -0.25) is 13.9 Å². The molecule has 32 heavy (non-hydrogen) atoms. The summed E-state index contributed by atoms with van der Waals surface area (Å²) in [5.41, 5.74) is 0.706. The molecule has 1 saturated heterocycles. The molecule has 10 heteroatoms. The Kier molecular flexibility index (Phi) is 6.23. The third-order valence-corrected chi connectivity index (χ3v) is 6.72. The lowest BCUT2D eigenvalue weighted by molar-refractivity contribution is -0.137. The Bertz CT molecular complexity index is 1140. The quantitative estimate of drug-likeness (QED) is 0.568. The first-order valence-electron chi connectivity index (χ1n) is 10.4. The molecule has 1 fully saturated rings. The number of alkyl halides is 3. The molecule has 1 aromatic carbocycles. The van der Waals surface area contributed by atoms with E-state index in [1.807, 2.05) is 12.3 Å². The average Bonchev–Trinajstić information content (AvgIpc) is 3.41. The van der Waals surface area contributed by atoms with Crippen molar-refractivity contribution >= 4 is 17.2 Å². The molecule has 0 spiro atoms. The van der Waals surface area contributed by atoms with Gasteiger partial charge in [0.15, 0.2) is 0 Å². The van der Waals surface area contributed by atoms with E-state index in [1.54, 1.807) is 21.9 Å². The molecule has 6 nitrogen and oxygen atoms in total. The summed E-state index contributed by atoms with van der Waals surface area (Å²) in [5.74, 6) is 0.116. The van der Waals surface area contributed by atoms with Crippen LogP contribution in [0.2, 0.25) is 0 Å². The number of hydrogen-bond acceptors (Lipinski definition) is 4. The van der Waals surface area contributed by atoms with E-state index in [4.69, 9.17) is 0 Å². The van der Waals surface area contributed by atoms with Gasteiger partial charge >= 0.3 is 11.9 Å². The molecule has 0 unspecified atom stereocenters. The fourth-order valence-corrected chi connectivity index (χ4v) is 4.80. The molecule has 4 rings (SSSR count). The van der Waals surface area contributed by atoms with Gasteiger partial charge in [-0.15, -0.1) is 11.3 Å². The minimum Gasteiger partial charge on any atom is -0.341 e. The number of carbonyl (C=O) groups excluding carboxylic acids is 1. The van der Waals surface area contributed by atoms with Gasteiger partial charge in [0.1, 0.15) is 11.6 Å². The number of rotatable bonds is 5. The van der Waals surface area contributed by atoms with Crippen molar-refractivity contribution in [1.29, 1.82) is 0 Å². The summed E-state index contributed by atoms with van der Waals surface area (Å²) in [6, 6.07) is 5.03. The van der Waals surface area contributed by atoms with Gasteiger partial charge in [0, 0.05) is 48.9 Å². The number of halogens is 3. The summed E-state index contributed by atoms with van der Waals surface area (Å²) >= 11 is 1.41. The largest absolute Gasteiger partial charge is 0.416 e. The predicted octanol–water partition coefficient (Wildman–Crippen LogP) is 4.22. The number of nitrogens with zero attached hydrogens (tertiary/aromatic N) is 4. The Labute approximate surface area is 186 Å². The van der Waals surface area contributed by atoms with Crippen molar-refractivity contribution in [2.45, 2.75) is 44.9 Å². The van der Waals surface area contributed by atoms with Crippen LogP contribution in [0.15, 0.2) is 46.8 Å². The second-order valence-corrected chi connectivity index (χ2v) is 8.66. The number of piperidine rings is 1. The molecule has 0 aliphatic carbocycles. The number of imidazole rings is 1. The zero-order valence-corrected chi connectivity index (χ0v) is 18.3. The smallest absolute Gasteiger partial charge is 0.341 e. The van der Waals surface area contributed by atoms with E-state index in [9.17, 15) is 22.8 Å². The topological polar surface area (TPSA) is 60.1 Å². The van der Waals surface area contributed by atoms with Gasteiger partial charge in [0.05, 0.1) is 11.3 Å². The molecule has 3 heterocycles. The third-order valence-electron chi connectivity index (χ3n) is 5.81. The maximum atomic E-state index is 12.8. The molecule has 0 bridgehead atoms. The van der Waals surface area contributed by atoms with Gasteiger partial charge < -0.3 is 4.90 Å². The maximum Gasteiger partial charge on any atom is 0.416 e. The highest BCUT2D eigenvalue weighted by Gasteiger charge is 2.30. The van der Waals surface area contributed by atoms with Crippen LogP contribution in [-0.2, 0) is 24.1 Å². The number of likely N-dealkylation sites (tertiary alicyclic amines) is 1. The Morgan fingerprint density at radius 1 is 1.12 bits per heavy atom. The van der Waals surface area contributed by atoms with E-state index in [1.165, 1.54) is 28.0 Å². The third kappa shape index (κ3) is 4.64. The molecule has 0 atom stereocenters. The molecular weight excluding hydrogens is 441 g/mol. The zero-order valence-electron chi connectivity index (χ0n) is 17.5. The van der Waals surface area contributed by atoms with Crippen molar-refractivity contribution in [2.24, 2.45) is 0 Å². The second-order valence-electron chi connectivity index (χ2n) is 7.80. The molecule has 0 saturated carbocycles. The molecule has 3 aromatic rings. The van der Waals surface area contributed by atoms with Crippen LogP contribution < -0.4 is 5.69 Å². The molecule has 1 aliphatic rings. The Balaban J connectivity index is 1.35. The highest BCUT2D eigenvalue weighted by Crippen LogP contribution is 2.34. The van der Waals surface area contributed by atoms with Crippen molar-refractivity contribution in [1.82, 2.24) is 19.0 Å². The van der Waals surface area contributed by atoms with Crippen molar-refractivity contribution in [2.75, 3.05) is 13.1 Å². The molecular formula is C22H23F3N4O2S. The fourth-order valence-electron chi connectivity index (χ4n) is 3.89. The van der Waals surface area contributed by atoms with Crippen LogP contribution in [0.3, 0.4) is 0 Å². The van der Waals surface area contributed by atoms with Crippen LogP contribution in [0, 0.1) is 0 Å². The average molecular weight is 465 g/mol. The number of carbonyl (C=O) groups is 1. The van der Waals surface area contributed by atoms with Gasteiger partial charge in [-0.1, -0.05) is 12.1 Å². The van der Waals surface area contributed by atoms with Gasteiger partial charge in [-0.2, -0.15) is 13.2 Å². The molecule has 170 valence electrons. The van der Waals surface area contributed by atoms with Crippen molar-refractivity contribution in [3.05, 3.63) is 63.8 Å². The number of aromatic nitrogens is 3. The van der Waals surface area contributed by atoms with Crippen LogP contribution in [0.4, 0.5) is 13.2 Å². The first kappa shape index (κ1) is 22.3. The molecule has 0 radical (unpaired) electrons. The van der Waals surface area contributed by atoms with E-state index in [0.717, 1.165) is 30.7 Å². The van der Waals surface area contributed by atoms with Crippen LogP contribution in [0.25, 0.3) is 10.6 Å². The molecule has 1 aliphatic heterocycles. The minimum atomic E-state index is -4.36. The number of hydrogen-bond donors (Lipinski definition) is 0. The summed E-state index contributed by atoms with van der Waals surface area (Å²) < 4.78 is 41.3. The standard InChI is InChI=1S/C22H23F3N4O2S/c1-2-27-11-12-29(21(27)31)13-19(30)28-9-7-15(8-10-28)18-14-32-20(26-18)16-3-5-17(6-4-16)22(23,24)25/h3-6,11-12,14-15H,2,7-10,13H2,1H3. The number of benzene rings is 1. The van der Waals surface area contributed by atoms with E-state index in [0.29, 0.717) is 30.2 Å². The number of thiazole rings is 1. The predicted molar refractivity (Wildman–Crippen MR) is 115 cm³/mol. The van der Waals surface area contributed by atoms with Crippen molar-refractivity contribution in [3.8, 4) is 10.6 Å². The molecule has 0 N–H and O–H groups in total. The van der Waals surface area contributed by atoms with Gasteiger partial charge in [-0.25, -0.2) is 9.78 Å². The van der Waals surface area contributed by atoms with E-state index in [-0.39, 0.29) is 24.1 Å². The van der Waals surface area contributed by atoms with Crippen molar-refractivity contribution in [3.63, 3.8) is 0 Å². The van der Waals surface area contributed by atoms with Crippen LogP contribution >= 0.6 is 11.3 Å². The lowest BCUT2D eigenvalue weighted by Crippen LogP contribution is -2.41. The monoisotopic (exact) mass is 464 g/mol. The Morgan fingerprint density at radius 2 is 1.78 bits per heavy atom. The van der Waals surface area contributed by atoms with Crippen LogP contribution in [0.5, 0.6) is 0 Å². The first-order valence-corrected chi connectivity index (χ1v) is 11.3. The maximum absolute atomic E-state index is 12.8. The highest BCUT2D eigenvalue weighted by molar-refractivity contribution is 7.13. The molecule has 2 aromatic heterocycles. The number of aryl methyl sites for hydroxylation is 1. The normalized spacial score (nSPS) is 15.3. The fraction of sp³-hybridized carbons (Fsp3) is 0.409. The second kappa shape index (κ2) is 8.93. The van der Waals surface area contributed by atoms with Crippen LogP contribution in [-0.4, -0.2) is 38.0 Å². The Hall–Kier alpha value is -2.88. The lowest BCUT2D eigenvalue weighted by atomic mass is 9.94. The minimum absolute atomic E-state index is 0.0330. The zero-order chi connectivity index (χ0) is 22.9.